The second kappa shape index (κ2) is 6.03. The number of hydrogen-bond donors (Lipinski definition) is 1. The van der Waals surface area contributed by atoms with E-state index in [1.54, 1.807) is 12.1 Å². The van der Waals surface area contributed by atoms with Gasteiger partial charge in [0.15, 0.2) is 0 Å². The summed E-state index contributed by atoms with van der Waals surface area (Å²) in [7, 11) is 1.41. The van der Waals surface area contributed by atoms with Gasteiger partial charge >= 0.3 is 5.97 Å². The van der Waals surface area contributed by atoms with E-state index in [1.165, 1.54) is 13.2 Å². The van der Waals surface area contributed by atoms with Gasteiger partial charge in [0, 0.05) is 11.6 Å². The SMILES string of the molecule is COC(=O)c1ccc(C)c2c1[C@@H]1C=CC[C@@H]1[C@@H](c1cccc(F)c1)N2. The molecule has 0 radical (unpaired) electrons. The maximum absolute atomic E-state index is 13.8. The Morgan fingerprint density at radius 2 is 2.12 bits per heavy atom. The molecule has 1 aliphatic heterocycles. The minimum absolute atomic E-state index is 0.00907. The molecule has 4 heteroatoms. The standard InChI is InChI=1S/C21H20FNO2/c1-12-9-10-17(21(24)25-2)18-15-7-4-8-16(15)20(23-19(12)18)13-5-3-6-14(22)11-13/h3-7,9-11,15-16,20,23H,8H2,1-2H3/t15-,16+,20-/m1/s1. The lowest BCUT2D eigenvalue weighted by atomic mass is 9.74. The van der Waals surface area contributed by atoms with Gasteiger partial charge in [-0.25, -0.2) is 9.18 Å². The summed E-state index contributed by atoms with van der Waals surface area (Å²) < 4.78 is 18.7. The molecule has 3 nitrogen and oxygen atoms in total. The van der Waals surface area contributed by atoms with Crippen molar-refractivity contribution < 1.29 is 13.9 Å². The average molecular weight is 337 g/mol. The number of fused-ring (bicyclic) bond motifs is 3. The van der Waals surface area contributed by atoms with Crippen molar-refractivity contribution in [1.29, 1.82) is 0 Å². The highest BCUT2D eigenvalue weighted by Crippen LogP contribution is 2.51. The predicted molar refractivity (Wildman–Crippen MR) is 95.3 cm³/mol. The van der Waals surface area contributed by atoms with E-state index in [2.05, 4.69) is 17.5 Å². The van der Waals surface area contributed by atoms with Crippen LogP contribution in [0.25, 0.3) is 0 Å². The summed E-state index contributed by atoms with van der Waals surface area (Å²) in [5.74, 6) is -0.174. The Morgan fingerprint density at radius 3 is 2.88 bits per heavy atom. The van der Waals surface area contributed by atoms with Gasteiger partial charge in [0.05, 0.1) is 18.7 Å². The number of aryl methyl sites for hydroxylation is 1. The highest BCUT2D eigenvalue weighted by atomic mass is 19.1. The first-order chi connectivity index (χ1) is 12.1. The van der Waals surface area contributed by atoms with Gasteiger partial charge in [-0.3, -0.25) is 0 Å². The molecular formula is C21H20FNO2. The van der Waals surface area contributed by atoms with Crippen LogP contribution in [-0.2, 0) is 4.74 Å². The quantitative estimate of drug-likeness (QED) is 0.635. The fraction of sp³-hybridized carbons (Fsp3) is 0.286. The number of carbonyl (C=O) groups is 1. The van der Waals surface area contributed by atoms with Crippen LogP contribution >= 0.6 is 0 Å². The Kier molecular flexibility index (Phi) is 3.83. The first-order valence-electron chi connectivity index (χ1n) is 8.50. The van der Waals surface area contributed by atoms with Gasteiger partial charge < -0.3 is 10.1 Å². The van der Waals surface area contributed by atoms with E-state index in [4.69, 9.17) is 4.74 Å². The average Bonchev–Trinajstić information content (AvgIpc) is 3.10. The van der Waals surface area contributed by atoms with Gasteiger partial charge in [0.2, 0.25) is 0 Å². The third-order valence-electron chi connectivity index (χ3n) is 5.34. The van der Waals surface area contributed by atoms with Crippen LogP contribution < -0.4 is 5.32 Å². The number of methoxy groups -OCH3 is 1. The molecule has 1 aliphatic carbocycles. The minimum atomic E-state index is -0.318. The van der Waals surface area contributed by atoms with Crippen molar-refractivity contribution in [3.63, 3.8) is 0 Å². The lowest BCUT2D eigenvalue weighted by molar-refractivity contribution is 0.0598. The number of rotatable bonds is 2. The monoisotopic (exact) mass is 337 g/mol. The zero-order valence-corrected chi connectivity index (χ0v) is 14.3. The molecule has 0 bridgehead atoms. The highest BCUT2D eigenvalue weighted by molar-refractivity contribution is 5.94. The van der Waals surface area contributed by atoms with Crippen LogP contribution in [0.1, 0.15) is 45.4 Å². The smallest absolute Gasteiger partial charge is 0.338 e. The van der Waals surface area contributed by atoms with Gasteiger partial charge in [-0.1, -0.05) is 30.4 Å². The molecule has 3 atom stereocenters. The molecule has 0 saturated carbocycles. The third-order valence-corrected chi connectivity index (χ3v) is 5.34. The minimum Gasteiger partial charge on any atom is -0.465 e. The Bertz CT molecular complexity index is 874. The van der Waals surface area contributed by atoms with Crippen molar-refractivity contribution in [2.45, 2.75) is 25.3 Å². The lowest BCUT2D eigenvalue weighted by Gasteiger charge is -2.39. The third kappa shape index (κ3) is 2.53. The van der Waals surface area contributed by atoms with Crippen molar-refractivity contribution in [1.82, 2.24) is 0 Å². The summed E-state index contributed by atoms with van der Waals surface area (Å²) in [6.45, 7) is 2.02. The van der Waals surface area contributed by atoms with Crippen molar-refractivity contribution in [3.05, 3.63) is 76.6 Å². The van der Waals surface area contributed by atoms with Crippen molar-refractivity contribution in [2.24, 2.45) is 5.92 Å². The molecule has 1 heterocycles. The number of allylic oxidation sites excluding steroid dienone is 2. The fourth-order valence-corrected chi connectivity index (χ4v) is 4.17. The first kappa shape index (κ1) is 15.9. The van der Waals surface area contributed by atoms with Gasteiger partial charge in [-0.15, -0.1) is 0 Å². The van der Waals surface area contributed by atoms with Crippen molar-refractivity contribution in [2.75, 3.05) is 12.4 Å². The number of ether oxygens (including phenoxy) is 1. The lowest BCUT2D eigenvalue weighted by Crippen LogP contribution is -2.31. The molecule has 0 unspecified atom stereocenters. The van der Waals surface area contributed by atoms with Crippen LogP contribution in [0.2, 0.25) is 0 Å². The van der Waals surface area contributed by atoms with Crippen LogP contribution in [0.15, 0.2) is 48.6 Å². The fourth-order valence-electron chi connectivity index (χ4n) is 4.17. The Morgan fingerprint density at radius 1 is 1.28 bits per heavy atom. The van der Waals surface area contributed by atoms with Gasteiger partial charge in [-0.2, -0.15) is 0 Å². The van der Waals surface area contributed by atoms with Crippen LogP contribution in [0, 0.1) is 18.7 Å². The number of nitrogens with one attached hydrogen (secondary N) is 1. The summed E-state index contributed by atoms with van der Waals surface area (Å²) in [5.41, 5.74) is 4.58. The van der Waals surface area contributed by atoms with E-state index in [9.17, 15) is 9.18 Å². The zero-order chi connectivity index (χ0) is 17.6. The summed E-state index contributed by atoms with van der Waals surface area (Å²) in [4.78, 5) is 12.3. The molecule has 25 heavy (non-hydrogen) atoms. The number of hydrogen-bond acceptors (Lipinski definition) is 3. The summed E-state index contributed by atoms with van der Waals surface area (Å²) in [5, 5.41) is 3.59. The molecule has 128 valence electrons. The van der Waals surface area contributed by atoms with Gasteiger partial charge in [0.25, 0.3) is 0 Å². The summed E-state index contributed by atoms with van der Waals surface area (Å²) in [6, 6.07) is 10.5. The van der Waals surface area contributed by atoms with Crippen LogP contribution in [0.4, 0.5) is 10.1 Å². The Labute approximate surface area is 146 Å². The first-order valence-corrected chi connectivity index (χ1v) is 8.50. The van der Waals surface area contributed by atoms with E-state index in [1.807, 2.05) is 25.1 Å². The van der Waals surface area contributed by atoms with Crippen LogP contribution in [-0.4, -0.2) is 13.1 Å². The van der Waals surface area contributed by atoms with Gasteiger partial charge in [-0.05, 0) is 54.2 Å². The molecular weight excluding hydrogens is 317 g/mol. The van der Waals surface area contributed by atoms with E-state index < -0.39 is 0 Å². The predicted octanol–water partition coefficient (Wildman–Crippen LogP) is 4.75. The Balaban J connectivity index is 1.87. The van der Waals surface area contributed by atoms with Crippen LogP contribution in [0.5, 0.6) is 0 Å². The molecule has 0 saturated heterocycles. The number of carbonyl (C=O) groups excluding carboxylic acids is 1. The van der Waals surface area contributed by atoms with E-state index in [-0.39, 0.29) is 29.7 Å². The Hall–Kier alpha value is -2.62. The van der Waals surface area contributed by atoms with Gasteiger partial charge in [0.1, 0.15) is 5.82 Å². The van der Waals surface area contributed by atoms with E-state index in [0.29, 0.717) is 5.56 Å². The molecule has 0 fully saturated rings. The highest BCUT2D eigenvalue weighted by Gasteiger charge is 2.40. The largest absolute Gasteiger partial charge is 0.465 e. The van der Waals surface area contributed by atoms with E-state index >= 15 is 0 Å². The number of halogens is 1. The molecule has 0 aromatic heterocycles. The molecule has 1 N–H and O–H groups in total. The van der Waals surface area contributed by atoms with E-state index in [0.717, 1.165) is 28.8 Å². The molecule has 0 spiro atoms. The molecule has 2 aromatic carbocycles. The second-order valence-electron chi connectivity index (χ2n) is 6.74. The summed E-state index contributed by atoms with van der Waals surface area (Å²) >= 11 is 0. The number of benzene rings is 2. The maximum atomic E-state index is 13.8. The van der Waals surface area contributed by atoms with Crippen LogP contribution in [0.3, 0.4) is 0 Å². The normalized spacial score (nSPS) is 23.6. The molecule has 4 rings (SSSR count). The number of esters is 1. The maximum Gasteiger partial charge on any atom is 0.338 e. The molecule has 0 amide bonds. The molecule has 2 aliphatic rings. The van der Waals surface area contributed by atoms with Crippen molar-refractivity contribution >= 4 is 11.7 Å². The van der Waals surface area contributed by atoms with Crippen molar-refractivity contribution in [3.8, 4) is 0 Å². The second-order valence-corrected chi connectivity index (χ2v) is 6.74. The zero-order valence-electron chi connectivity index (χ0n) is 14.3. The topological polar surface area (TPSA) is 38.3 Å². The number of anilines is 1. The summed E-state index contributed by atoms with van der Waals surface area (Å²) in [6.07, 6.45) is 5.22. The molecule has 2 aromatic rings.